The SMILES string of the molecule is CCOc1cccc(Cn2cc[nH]c2=O)c1. The molecule has 1 aromatic heterocycles. The van der Waals surface area contributed by atoms with Crippen molar-refractivity contribution < 1.29 is 4.74 Å². The number of nitrogens with one attached hydrogen (secondary N) is 1. The van der Waals surface area contributed by atoms with Crippen LogP contribution < -0.4 is 10.4 Å². The van der Waals surface area contributed by atoms with E-state index in [9.17, 15) is 4.79 Å². The highest BCUT2D eigenvalue weighted by atomic mass is 16.5. The van der Waals surface area contributed by atoms with Gasteiger partial charge in [0.05, 0.1) is 13.2 Å². The van der Waals surface area contributed by atoms with Crippen molar-refractivity contribution >= 4 is 0 Å². The molecule has 0 aliphatic carbocycles. The maximum Gasteiger partial charge on any atom is 0.325 e. The zero-order valence-electron chi connectivity index (χ0n) is 9.14. The first-order valence-electron chi connectivity index (χ1n) is 5.25. The topological polar surface area (TPSA) is 47.0 Å². The van der Waals surface area contributed by atoms with Gasteiger partial charge >= 0.3 is 5.69 Å². The third kappa shape index (κ3) is 2.34. The molecule has 0 amide bonds. The summed E-state index contributed by atoms with van der Waals surface area (Å²) >= 11 is 0. The van der Waals surface area contributed by atoms with Gasteiger partial charge in [0.25, 0.3) is 0 Å². The lowest BCUT2D eigenvalue weighted by molar-refractivity contribution is 0.340. The number of aromatic amines is 1. The van der Waals surface area contributed by atoms with E-state index in [-0.39, 0.29) is 5.69 Å². The molecule has 0 fully saturated rings. The molecule has 0 atom stereocenters. The van der Waals surface area contributed by atoms with Crippen LogP contribution in [0, 0.1) is 0 Å². The van der Waals surface area contributed by atoms with Gasteiger partial charge in [-0.05, 0) is 24.6 Å². The molecule has 2 rings (SSSR count). The second kappa shape index (κ2) is 4.70. The van der Waals surface area contributed by atoms with Crippen LogP contribution in [-0.4, -0.2) is 16.2 Å². The number of imidazole rings is 1. The number of H-pyrrole nitrogens is 1. The summed E-state index contributed by atoms with van der Waals surface area (Å²) in [5.41, 5.74) is 0.953. The Bertz CT molecular complexity index is 513. The molecule has 2 aromatic rings. The molecule has 4 heteroatoms. The van der Waals surface area contributed by atoms with Gasteiger partial charge in [0.15, 0.2) is 0 Å². The maximum atomic E-state index is 11.3. The fourth-order valence-electron chi connectivity index (χ4n) is 1.57. The summed E-state index contributed by atoms with van der Waals surface area (Å²) < 4.78 is 7.02. The van der Waals surface area contributed by atoms with Crippen LogP contribution in [0.2, 0.25) is 0 Å². The van der Waals surface area contributed by atoms with Crippen LogP contribution in [0.3, 0.4) is 0 Å². The molecule has 4 nitrogen and oxygen atoms in total. The molecule has 84 valence electrons. The molecule has 0 radical (unpaired) electrons. The first kappa shape index (κ1) is 10.5. The van der Waals surface area contributed by atoms with Crippen LogP contribution in [0.15, 0.2) is 41.5 Å². The van der Waals surface area contributed by atoms with E-state index in [1.54, 1.807) is 17.0 Å². The average molecular weight is 218 g/mol. The molecular weight excluding hydrogens is 204 g/mol. The van der Waals surface area contributed by atoms with Crippen LogP contribution in [-0.2, 0) is 6.54 Å². The molecule has 0 aliphatic rings. The van der Waals surface area contributed by atoms with E-state index in [4.69, 9.17) is 4.74 Å². The predicted molar refractivity (Wildman–Crippen MR) is 61.8 cm³/mol. The first-order valence-corrected chi connectivity index (χ1v) is 5.25. The lowest BCUT2D eigenvalue weighted by Gasteiger charge is -2.06. The van der Waals surface area contributed by atoms with Gasteiger partial charge in [-0.3, -0.25) is 4.57 Å². The molecule has 0 unspecified atom stereocenters. The monoisotopic (exact) mass is 218 g/mol. The van der Waals surface area contributed by atoms with E-state index in [0.717, 1.165) is 11.3 Å². The highest BCUT2D eigenvalue weighted by Crippen LogP contribution is 2.13. The Balaban J connectivity index is 2.18. The zero-order chi connectivity index (χ0) is 11.4. The molecule has 1 aromatic carbocycles. The summed E-state index contributed by atoms with van der Waals surface area (Å²) in [4.78, 5) is 13.9. The summed E-state index contributed by atoms with van der Waals surface area (Å²) in [5, 5.41) is 0. The Kier molecular flexibility index (Phi) is 3.10. The Morgan fingerprint density at radius 3 is 3.00 bits per heavy atom. The van der Waals surface area contributed by atoms with E-state index in [2.05, 4.69) is 4.98 Å². The van der Waals surface area contributed by atoms with Crippen molar-refractivity contribution in [3.05, 3.63) is 52.7 Å². The normalized spacial score (nSPS) is 10.3. The molecular formula is C12H14N2O2. The van der Waals surface area contributed by atoms with Gasteiger partial charge in [-0.25, -0.2) is 4.79 Å². The average Bonchev–Trinajstić information content (AvgIpc) is 2.66. The smallest absolute Gasteiger partial charge is 0.325 e. The van der Waals surface area contributed by atoms with Crippen LogP contribution in [0.5, 0.6) is 5.75 Å². The fraction of sp³-hybridized carbons (Fsp3) is 0.250. The quantitative estimate of drug-likeness (QED) is 0.847. The van der Waals surface area contributed by atoms with Gasteiger partial charge in [0.1, 0.15) is 5.75 Å². The Morgan fingerprint density at radius 2 is 2.31 bits per heavy atom. The molecule has 1 heterocycles. The van der Waals surface area contributed by atoms with E-state index in [1.807, 2.05) is 31.2 Å². The summed E-state index contributed by atoms with van der Waals surface area (Å²) in [7, 11) is 0. The van der Waals surface area contributed by atoms with Gasteiger partial charge in [0, 0.05) is 12.4 Å². The molecule has 0 saturated carbocycles. The van der Waals surface area contributed by atoms with Crippen molar-refractivity contribution in [1.82, 2.24) is 9.55 Å². The molecule has 0 bridgehead atoms. The zero-order valence-corrected chi connectivity index (χ0v) is 9.14. The summed E-state index contributed by atoms with van der Waals surface area (Å²) in [5.74, 6) is 0.837. The van der Waals surface area contributed by atoms with Crippen LogP contribution >= 0.6 is 0 Å². The number of ether oxygens (including phenoxy) is 1. The minimum Gasteiger partial charge on any atom is -0.494 e. The van der Waals surface area contributed by atoms with Crippen molar-refractivity contribution in [2.45, 2.75) is 13.5 Å². The van der Waals surface area contributed by atoms with Gasteiger partial charge in [-0.15, -0.1) is 0 Å². The largest absolute Gasteiger partial charge is 0.494 e. The third-order valence-corrected chi connectivity index (χ3v) is 2.28. The Labute approximate surface area is 93.5 Å². The van der Waals surface area contributed by atoms with Crippen molar-refractivity contribution in [2.24, 2.45) is 0 Å². The highest BCUT2D eigenvalue weighted by Gasteiger charge is 1.99. The molecule has 1 N–H and O–H groups in total. The van der Waals surface area contributed by atoms with Crippen molar-refractivity contribution in [1.29, 1.82) is 0 Å². The standard InChI is InChI=1S/C12H14N2O2/c1-2-16-11-5-3-4-10(8-11)9-14-7-6-13-12(14)15/h3-8H,2,9H2,1H3,(H,13,15). The number of aromatic nitrogens is 2. The summed E-state index contributed by atoms with van der Waals surface area (Å²) in [6.07, 6.45) is 3.37. The minimum atomic E-state index is -0.0955. The highest BCUT2D eigenvalue weighted by molar-refractivity contribution is 5.28. The van der Waals surface area contributed by atoms with Gasteiger partial charge in [0.2, 0.25) is 0 Å². The van der Waals surface area contributed by atoms with E-state index < -0.39 is 0 Å². The molecule has 0 saturated heterocycles. The molecule has 0 aliphatic heterocycles. The van der Waals surface area contributed by atoms with Gasteiger partial charge in [-0.2, -0.15) is 0 Å². The van der Waals surface area contributed by atoms with Gasteiger partial charge < -0.3 is 9.72 Å². The van der Waals surface area contributed by atoms with E-state index in [0.29, 0.717) is 13.2 Å². The first-order chi connectivity index (χ1) is 7.79. The molecule has 16 heavy (non-hydrogen) atoms. The van der Waals surface area contributed by atoms with Crippen molar-refractivity contribution in [3.63, 3.8) is 0 Å². The number of benzene rings is 1. The minimum absolute atomic E-state index is 0.0955. The number of hydrogen-bond acceptors (Lipinski definition) is 2. The van der Waals surface area contributed by atoms with Crippen molar-refractivity contribution in [3.8, 4) is 5.75 Å². The van der Waals surface area contributed by atoms with E-state index >= 15 is 0 Å². The Morgan fingerprint density at radius 1 is 1.44 bits per heavy atom. The van der Waals surface area contributed by atoms with Crippen LogP contribution in [0.25, 0.3) is 0 Å². The fourth-order valence-corrected chi connectivity index (χ4v) is 1.57. The Hall–Kier alpha value is -1.97. The summed E-state index contributed by atoms with van der Waals surface area (Å²) in [6, 6.07) is 7.76. The summed E-state index contributed by atoms with van der Waals surface area (Å²) in [6.45, 7) is 3.15. The third-order valence-electron chi connectivity index (χ3n) is 2.28. The van der Waals surface area contributed by atoms with Crippen molar-refractivity contribution in [2.75, 3.05) is 6.61 Å². The second-order valence-corrected chi connectivity index (χ2v) is 3.47. The second-order valence-electron chi connectivity index (χ2n) is 3.47. The predicted octanol–water partition coefficient (Wildman–Crippen LogP) is 1.62. The maximum absolute atomic E-state index is 11.3. The lowest BCUT2D eigenvalue weighted by atomic mass is 10.2. The van der Waals surface area contributed by atoms with Crippen LogP contribution in [0.1, 0.15) is 12.5 Å². The number of hydrogen-bond donors (Lipinski definition) is 1. The van der Waals surface area contributed by atoms with Gasteiger partial charge in [-0.1, -0.05) is 12.1 Å². The number of nitrogens with zero attached hydrogens (tertiary/aromatic N) is 1. The number of rotatable bonds is 4. The lowest BCUT2D eigenvalue weighted by Crippen LogP contribution is -2.16. The van der Waals surface area contributed by atoms with E-state index in [1.165, 1.54) is 0 Å². The molecule has 0 spiro atoms. The van der Waals surface area contributed by atoms with Crippen LogP contribution in [0.4, 0.5) is 0 Å².